The molecule has 23 heavy (non-hydrogen) atoms. The van der Waals surface area contributed by atoms with E-state index in [0.29, 0.717) is 0 Å². The Morgan fingerprint density at radius 3 is 2.91 bits per heavy atom. The molecule has 0 aliphatic heterocycles. The number of hydrogen-bond donors (Lipinski definition) is 1. The second-order valence-electron chi connectivity index (χ2n) is 4.65. The molecule has 0 radical (unpaired) electrons. The van der Waals surface area contributed by atoms with Crippen molar-refractivity contribution in [3.63, 3.8) is 0 Å². The highest BCUT2D eigenvalue weighted by Gasteiger charge is 2.16. The van der Waals surface area contributed by atoms with Gasteiger partial charge in [0.15, 0.2) is 10.2 Å². The Hall–Kier alpha value is -2.20. The lowest BCUT2D eigenvalue weighted by Crippen LogP contribution is -2.01. The van der Waals surface area contributed by atoms with Gasteiger partial charge in [0.2, 0.25) is 5.13 Å². The Balaban J connectivity index is 1.67. The van der Waals surface area contributed by atoms with Crippen LogP contribution in [-0.2, 0) is 7.05 Å². The van der Waals surface area contributed by atoms with Gasteiger partial charge in [-0.1, -0.05) is 29.2 Å². The molecule has 0 saturated heterocycles. The maximum Gasteiger partial charge on any atom is 0.210 e. The number of aromatic nitrogens is 6. The molecule has 1 unspecified atom stereocenters. The van der Waals surface area contributed by atoms with Gasteiger partial charge in [0, 0.05) is 18.8 Å². The number of anilines is 2. The zero-order chi connectivity index (χ0) is 16.2. The van der Waals surface area contributed by atoms with E-state index < -0.39 is 0 Å². The van der Waals surface area contributed by atoms with E-state index in [4.69, 9.17) is 4.74 Å². The Morgan fingerprint density at radius 1 is 1.30 bits per heavy atom. The van der Waals surface area contributed by atoms with E-state index >= 15 is 0 Å². The standard InChI is InChI=1S/C13H15N7OS2/c1-8(11-15-18-19-20(11)2)22-13-17-16-12(23-13)14-9-5-4-6-10(7-9)21-3/h4-8H,1-3H3,(H,14,16). The third kappa shape index (κ3) is 3.77. The first-order valence-electron chi connectivity index (χ1n) is 6.79. The molecule has 1 aromatic carbocycles. The van der Waals surface area contributed by atoms with Crippen molar-refractivity contribution in [3.8, 4) is 5.75 Å². The molecule has 1 atom stereocenters. The Labute approximate surface area is 141 Å². The number of thioether (sulfide) groups is 1. The van der Waals surface area contributed by atoms with E-state index in [1.807, 2.05) is 38.2 Å². The summed E-state index contributed by atoms with van der Waals surface area (Å²) in [4.78, 5) is 0. The number of nitrogens with zero attached hydrogens (tertiary/aromatic N) is 6. The van der Waals surface area contributed by atoms with Crippen LogP contribution >= 0.6 is 23.1 Å². The summed E-state index contributed by atoms with van der Waals surface area (Å²) in [5.41, 5.74) is 0.905. The summed E-state index contributed by atoms with van der Waals surface area (Å²) >= 11 is 3.05. The van der Waals surface area contributed by atoms with Crippen molar-refractivity contribution in [2.45, 2.75) is 16.5 Å². The zero-order valence-electron chi connectivity index (χ0n) is 12.8. The summed E-state index contributed by atoms with van der Waals surface area (Å²) in [5, 5.41) is 23.9. The molecular formula is C13H15N7OS2. The smallest absolute Gasteiger partial charge is 0.210 e. The van der Waals surface area contributed by atoms with Gasteiger partial charge in [0.1, 0.15) is 5.75 Å². The van der Waals surface area contributed by atoms with Crippen LogP contribution in [0.5, 0.6) is 5.75 Å². The van der Waals surface area contributed by atoms with Gasteiger partial charge in [-0.3, -0.25) is 0 Å². The van der Waals surface area contributed by atoms with Crippen molar-refractivity contribution < 1.29 is 4.74 Å². The van der Waals surface area contributed by atoms with Crippen molar-refractivity contribution in [2.75, 3.05) is 12.4 Å². The highest BCUT2D eigenvalue weighted by atomic mass is 32.2. The second-order valence-corrected chi connectivity index (χ2v) is 7.22. The number of hydrogen-bond acceptors (Lipinski definition) is 9. The highest BCUT2D eigenvalue weighted by molar-refractivity contribution is 8.01. The Bertz CT molecular complexity index is 788. The number of rotatable bonds is 6. The monoisotopic (exact) mass is 349 g/mol. The van der Waals surface area contributed by atoms with Gasteiger partial charge in [0.05, 0.1) is 12.4 Å². The van der Waals surface area contributed by atoms with Gasteiger partial charge in [-0.05, 0) is 29.5 Å². The first-order valence-corrected chi connectivity index (χ1v) is 8.49. The number of methoxy groups -OCH3 is 1. The average molecular weight is 349 g/mol. The van der Waals surface area contributed by atoms with Crippen molar-refractivity contribution in [1.82, 2.24) is 30.4 Å². The number of aryl methyl sites for hydroxylation is 1. The maximum absolute atomic E-state index is 5.21. The Morgan fingerprint density at radius 2 is 2.17 bits per heavy atom. The number of benzene rings is 1. The van der Waals surface area contributed by atoms with Crippen molar-refractivity contribution in [3.05, 3.63) is 30.1 Å². The molecule has 0 saturated carbocycles. The number of nitrogens with one attached hydrogen (secondary N) is 1. The summed E-state index contributed by atoms with van der Waals surface area (Å²) in [5.74, 6) is 1.59. The van der Waals surface area contributed by atoms with E-state index in [9.17, 15) is 0 Å². The second kappa shape index (κ2) is 6.92. The van der Waals surface area contributed by atoms with Gasteiger partial charge in [-0.25, -0.2) is 4.68 Å². The molecule has 10 heteroatoms. The molecule has 3 aromatic rings. The molecule has 1 N–H and O–H groups in total. The lowest BCUT2D eigenvalue weighted by Gasteiger charge is -2.05. The fraction of sp³-hybridized carbons (Fsp3) is 0.308. The summed E-state index contributed by atoms with van der Waals surface area (Å²) in [6.45, 7) is 2.03. The maximum atomic E-state index is 5.21. The van der Waals surface area contributed by atoms with Gasteiger partial charge < -0.3 is 10.1 Å². The SMILES string of the molecule is COc1cccc(Nc2nnc(SC(C)c3nnnn3C)s2)c1. The van der Waals surface area contributed by atoms with Crippen molar-refractivity contribution in [2.24, 2.45) is 7.05 Å². The third-order valence-electron chi connectivity index (χ3n) is 3.02. The Kier molecular flexibility index (Phi) is 4.72. The molecular weight excluding hydrogens is 334 g/mol. The molecule has 0 spiro atoms. The lowest BCUT2D eigenvalue weighted by molar-refractivity contribution is 0.415. The molecule has 0 fully saturated rings. The van der Waals surface area contributed by atoms with Crippen LogP contribution in [0.3, 0.4) is 0 Å². The summed E-state index contributed by atoms with van der Waals surface area (Å²) in [6.07, 6.45) is 0. The lowest BCUT2D eigenvalue weighted by atomic mass is 10.3. The third-order valence-corrected chi connectivity index (χ3v) is 5.04. The van der Waals surface area contributed by atoms with Gasteiger partial charge in [-0.2, -0.15) is 0 Å². The molecule has 3 rings (SSSR count). The minimum Gasteiger partial charge on any atom is -0.497 e. The van der Waals surface area contributed by atoms with Crippen LogP contribution < -0.4 is 10.1 Å². The molecule has 8 nitrogen and oxygen atoms in total. The van der Waals surface area contributed by atoms with Gasteiger partial charge in [0.25, 0.3) is 0 Å². The minimum absolute atomic E-state index is 0.0904. The summed E-state index contributed by atoms with van der Waals surface area (Å²) in [6, 6.07) is 7.66. The van der Waals surface area contributed by atoms with E-state index in [-0.39, 0.29) is 5.25 Å². The first-order chi connectivity index (χ1) is 11.2. The van der Waals surface area contributed by atoms with E-state index in [1.165, 1.54) is 11.3 Å². The van der Waals surface area contributed by atoms with E-state index in [0.717, 1.165) is 26.7 Å². The van der Waals surface area contributed by atoms with Crippen LogP contribution in [0.25, 0.3) is 0 Å². The first kappa shape index (κ1) is 15.7. The molecule has 0 amide bonds. The predicted octanol–water partition coefficient (Wildman–Crippen LogP) is 2.67. The van der Waals surface area contributed by atoms with Crippen LogP contribution in [0.1, 0.15) is 18.0 Å². The zero-order valence-corrected chi connectivity index (χ0v) is 14.4. The molecule has 120 valence electrons. The summed E-state index contributed by atoms with van der Waals surface area (Å²) < 4.78 is 7.72. The minimum atomic E-state index is 0.0904. The largest absolute Gasteiger partial charge is 0.497 e. The van der Waals surface area contributed by atoms with Crippen LogP contribution in [-0.4, -0.2) is 37.5 Å². The fourth-order valence-corrected chi connectivity index (χ4v) is 3.97. The van der Waals surface area contributed by atoms with Crippen LogP contribution in [0.2, 0.25) is 0 Å². The molecule has 0 bridgehead atoms. The fourth-order valence-electron chi connectivity index (χ4n) is 1.92. The predicted molar refractivity (Wildman–Crippen MR) is 89.3 cm³/mol. The number of tetrazole rings is 1. The van der Waals surface area contributed by atoms with Crippen LogP contribution in [0.4, 0.5) is 10.8 Å². The molecule has 0 aliphatic rings. The normalized spacial score (nSPS) is 12.1. The van der Waals surface area contributed by atoms with Crippen molar-refractivity contribution in [1.29, 1.82) is 0 Å². The molecule has 0 aliphatic carbocycles. The van der Waals surface area contributed by atoms with E-state index in [1.54, 1.807) is 23.6 Å². The molecule has 2 aromatic heterocycles. The average Bonchev–Trinajstić information content (AvgIpc) is 3.16. The van der Waals surface area contributed by atoms with Crippen LogP contribution in [0.15, 0.2) is 28.6 Å². The van der Waals surface area contributed by atoms with Crippen LogP contribution in [0, 0.1) is 0 Å². The van der Waals surface area contributed by atoms with Gasteiger partial charge in [-0.15, -0.1) is 15.3 Å². The number of ether oxygens (including phenoxy) is 1. The topological polar surface area (TPSA) is 90.6 Å². The van der Waals surface area contributed by atoms with E-state index in [2.05, 4.69) is 31.0 Å². The summed E-state index contributed by atoms with van der Waals surface area (Å²) in [7, 11) is 3.46. The van der Waals surface area contributed by atoms with Gasteiger partial charge >= 0.3 is 0 Å². The highest BCUT2D eigenvalue weighted by Crippen LogP contribution is 2.36. The quantitative estimate of drug-likeness (QED) is 0.679. The molecule has 2 heterocycles. The van der Waals surface area contributed by atoms with Crippen molar-refractivity contribution >= 4 is 33.9 Å².